The van der Waals surface area contributed by atoms with Crippen LogP contribution in [0.4, 0.5) is 5.69 Å². The third-order valence-electron chi connectivity index (χ3n) is 4.43. The number of benzene rings is 2. The number of thiophene rings is 1. The van der Waals surface area contributed by atoms with E-state index in [1.165, 1.54) is 32.7 Å². The zero-order valence-electron chi connectivity index (χ0n) is 17.7. The maximum atomic E-state index is 13.0. The molecule has 0 saturated heterocycles. The molecule has 0 atom stereocenters. The van der Waals surface area contributed by atoms with Crippen molar-refractivity contribution in [2.75, 3.05) is 33.3 Å². The number of ether oxygens (including phenoxy) is 4. The van der Waals surface area contributed by atoms with E-state index in [4.69, 9.17) is 18.9 Å². The Bertz CT molecular complexity index is 1050. The molecule has 3 rings (SSSR count). The zero-order chi connectivity index (χ0) is 22.4. The van der Waals surface area contributed by atoms with Crippen LogP contribution < -0.4 is 19.5 Å². The Kier molecular flexibility index (Phi) is 7.15. The highest BCUT2D eigenvalue weighted by Gasteiger charge is 2.22. The first kappa shape index (κ1) is 22.2. The Balaban J connectivity index is 1.98. The number of methoxy groups -OCH3 is 3. The Morgan fingerprint density at radius 2 is 1.58 bits per heavy atom. The Morgan fingerprint density at radius 3 is 2.13 bits per heavy atom. The molecular formula is C23H23NO6S. The first-order valence-corrected chi connectivity index (χ1v) is 10.3. The van der Waals surface area contributed by atoms with Gasteiger partial charge in [-0.1, -0.05) is 30.3 Å². The van der Waals surface area contributed by atoms with E-state index < -0.39 is 11.9 Å². The quantitative estimate of drug-likeness (QED) is 0.502. The normalized spacial score (nSPS) is 10.3. The number of nitrogens with one attached hydrogen (secondary N) is 1. The van der Waals surface area contributed by atoms with Gasteiger partial charge in [0, 0.05) is 10.4 Å². The summed E-state index contributed by atoms with van der Waals surface area (Å²) in [5, 5.41) is 2.82. The number of hydrogen-bond donors (Lipinski definition) is 1. The minimum Gasteiger partial charge on any atom is -0.493 e. The molecule has 8 heteroatoms. The summed E-state index contributed by atoms with van der Waals surface area (Å²) in [7, 11) is 4.44. The summed E-state index contributed by atoms with van der Waals surface area (Å²) in [6.45, 7) is 1.97. The Morgan fingerprint density at radius 1 is 0.935 bits per heavy atom. The minimum absolute atomic E-state index is 0.234. The maximum absolute atomic E-state index is 13.0. The second-order valence-corrected chi connectivity index (χ2v) is 7.36. The minimum atomic E-state index is -0.491. The molecule has 0 aliphatic heterocycles. The van der Waals surface area contributed by atoms with Crippen molar-refractivity contribution in [1.29, 1.82) is 0 Å². The molecule has 1 N–H and O–H groups in total. The van der Waals surface area contributed by atoms with Crippen LogP contribution in [0, 0.1) is 0 Å². The van der Waals surface area contributed by atoms with Crippen LogP contribution in [-0.4, -0.2) is 39.8 Å². The van der Waals surface area contributed by atoms with Gasteiger partial charge in [0.25, 0.3) is 5.91 Å². The largest absolute Gasteiger partial charge is 0.493 e. The van der Waals surface area contributed by atoms with E-state index >= 15 is 0 Å². The van der Waals surface area contributed by atoms with Gasteiger partial charge >= 0.3 is 5.97 Å². The lowest BCUT2D eigenvalue weighted by Crippen LogP contribution is -2.15. The van der Waals surface area contributed by atoms with Gasteiger partial charge < -0.3 is 24.3 Å². The van der Waals surface area contributed by atoms with Crippen LogP contribution >= 0.6 is 11.3 Å². The monoisotopic (exact) mass is 441 g/mol. The molecule has 162 valence electrons. The van der Waals surface area contributed by atoms with Crippen LogP contribution in [0.25, 0.3) is 10.4 Å². The molecule has 0 bridgehead atoms. The van der Waals surface area contributed by atoms with E-state index in [2.05, 4.69) is 5.32 Å². The topological polar surface area (TPSA) is 83.1 Å². The lowest BCUT2D eigenvalue weighted by Gasteiger charge is -2.14. The summed E-state index contributed by atoms with van der Waals surface area (Å²) in [5.74, 6) is 0.175. The van der Waals surface area contributed by atoms with E-state index in [0.29, 0.717) is 27.8 Å². The van der Waals surface area contributed by atoms with Gasteiger partial charge in [0.2, 0.25) is 5.75 Å². The Hall–Kier alpha value is -3.52. The second kappa shape index (κ2) is 9.99. The lowest BCUT2D eigenvalue weighted by atomic mass is 10.1. The van der Waals surface area contributed by atoms with Gasteiger partial charge in [0.15, 0.2) is 11.5 Å². The van der Waals surface area contributed by atoms with Crippen molar-refractivity contribution in [3.8, 4) is 27.7 Å². The average molecular weight is 442 g/mol. The molecule has 3 aromatic rings. The van der Waals surface area contributed by atoms with E-state index in [1.807, 2.05) is 30.3 Å². The molecule has 1 heterocycles. The molecule has 31 heavy (non-hydrogen) atoms. The molecule has 7 nitrogen and oxygen atoms in total. The standard InChI is InChI=1S/C23H23NO6S/c1-5-30-23(26)21-16(13-19(31-21)14-9-7-6-8-10-14)24-22(25)15-11-17(27-2)20(29-4)18(12-15)28-3/h6-13H,5H2,1-4H3,(H,24,25). The van der Waals surface area contributed by atoms with Crippen LogP contribution in [0.1, 0.15) is 27.0 Å². The number of anilines is 1. The number of rotatable bonds is 8. The first-order chi connectivity index (χ1) is 15.0. The molecular weight excluding hydrogens is 418 g/mol. The number of carbonyl (C=O) groups excluding carboxylic acids is 2. The van der Waals surface area contributed by atoms with E-state index in [1.54, 1.807) is 25.1 Å². The van der Waals surface area contributed by atoms with E-state index in [9.17, 15) is 9.59 Å². The number of carbonyl (C=O) groups is 2. The van der Waals surface area contributed by atoms with Gasteiger partial charge in [-0.25, -0.2) is 4.79 Å². The van der Waals surface area contributed by atoms with Crippen molar-refractivity contribution in [3.63, 3.8) is 0 Å². The van der Waals surface area contributed by atoms with Crippen LogP contribution in [0.5, 0.6) is 17.2 Å². The number of amides is 1. The van der Waals surface area contributed by atoms with Crippen LogP contribution in [0.3, 0.4) is 0 Å². The molecule has 0 aliphatic rings. The molecule has 0 spiro atoms. The Labute approximate surface area is 184 Å². The summed E-state index contributed by atoms with van der Waals surface area (Å²) >= 11 is 1.26. The highest BCUT2D eigenvalue weighted by molar-refractivity contribution is 7.18. The molecule has 0 radical (unpaired) electrons. The van der Waals surface area contributed by atoms with Crippen LogP contribution in [-0.2, 0) is 4.74 Å². The molecule has 2 aromatic carbocycles. The van der Waals surface area contributed by atoms with Crippen molar-refractivity contribution in [3.05, 3.63) is 59.0 Å². The highest BCUT2D eigenvalue weighted by Crippen LogP contribution is 2.39. The van der Waals surface area contributed by atoms with Gasteiger partial charge in [0.1, 0.15) is 4.88 Å². The van der Waals surface area contributed by atoms with Crippen molar-refractivity contribution in [2.45, 2.75) is 6.92 Å². The summed E-state index contributed by atoms with van der Waals surface area (Å²) in [6, 6.07) is 14.5. The SMILES string of the molecule is CCOC(=O)c1sc(-c2ccccc2)cc1NC(=O)c1cc(OC)c(OC)c(OC)c1. The van der Waals surface area contributed by atoms with Gasteiger partial charge in [-0.15, -0.1) is 11.3 Å². The molecule has 1 amide bonds. The third kappa shape index (κ3) is 4.80. The molecule has 0 fully saturated rings. The molecule has 1 aromatic heterocycles. The fourth-order valence-corrected chi connectivity index (χ4v) is 4.00. The summed E-state index contributed by atoms with van der Waals surface area (Å²) in [5.41, 5.74) is 1.60. The lowest BCUT2D eigenvalue weighted by molar-refractivity contribution is 0.0533. The van der Waals surface area contributed by atoms with Crippen molar-refractivity contribution >= 4 is 28.9 Å². The van der Waals surface area contributed by atoms with Gasteiger partial charge in [0.05, 0.1) is 33.6 Å². The van der Waals surface area contributed by atoms with Crippen molar-refractivity contribution in [2.24, 2.45) is 0 Å². The predicted molar refractivity (Wildman–Crippen MR) is 120 cm³/mol. The highest BCUT2D eigenvalue weighted by atomic mass is 32.1. The third-order valence-corrected chi connectivity index (χ3v) is 5.59. The van der Waals surface area contributed by atoms with E-state index in [-0.39, 0.29) is 12.2 Å². The molecule has 0 unspecified atom stereocenters. The van der Waals surface area contributed by atoms with E-state index in [0.717, 1.165) is 10.4 Å². The fourth-order valence-electron chi connectivity index (χ4n) is 2.98. The average Bonchev–Trinajstić information content (AvgIpc) is 3.22. The second-order valence-electron chi connectivity index (χ2n) is 6.31. The smallest absolute Gasteiger partial charge is 0.350 e. The van der Waals surface area contributed by atoms with Gasteiger partial charge in [-0.2, -0.15) is 0 Å². The fraction of sp³-hybridized carbons (Fsp3) is 0.217. The summed E-state index contributed by atoms with van der Waals surface area (Å²) < 4.78 is 21.1. The van der Waals surface area contributed by atoms with Crippen molar-refractivity contribution in [1.82, 2.24) is 0 Å². The number of hydrogen-bond acceptors (Lipinski definition) is 7. The summed E-state index contributed by atoms with van der Waals surface area (Å²) in [4.78, 5) is 26.7. The maximum Gasteiger partial charge on any atom is 0.350 e. The molecule has 0 saturated carbocycles. The van der Waals surface area contributed by atoms with Gasteiger partial charge in [-0.3, -0.25) is 4.79 Å². The van der Waals surface area contributed by atoms with Gasteiger partial charge in [-0.05, 0) is 30.7 Å². The van der Waals surface area contributed by atoms with Crippen LogP contribution in [0.15, 0.2) is 48.5 Å². The van der Waals surface area contributed by atoms with Crippen molar-refractivity contribution < 1.29 is 28.5 Å². The number of esters is 1. The first-order valence-electron chi connectivity index (χ1n) is 9.50. The molecule has 0 aliphatic carbocycles. The zero-order valence-corrected chi connectivity index (χ0v) is 18.5. The summed E-state index contributed by atoms with van der Waals surface area (Å²) in [6.07, 6.45) is 0. The predicted octanol–water partition coefficient (Wildman–Crippen LogP) is 4.87. The van der Waals surface area contributed by atoms with Crippen LogP contribution in [0.2, 0.25) is 0 Å².